The number of hydrogen-bond acceptors (Lipinski definition) is 4. The fraction of sp³-hybridized carbons (Fsp3) is 0.500. The molecule has 0 aliphatic rings. The van der Waals surface area contributed by atoms with Gasteiger partial charge in [0.25, 0.3) is 0 Å². The molecule has 0 aliphatic heterocycles. The van der Waals surface area contributed by atoms with Crippen molar-refractivity contribution in [3.63, 3.8) is 0 Å². The van der Waals surface area contributed by atoms with E-state index in [2.05, 4.69) is 10.2 Å². The van der Waals surface area contributed by atoms with Crippen molar-refractivity contribution in [2.75, 3.05) is 12.0 Å². The highest BCUT2D eigenvalue weighted by atomic mass is 32.2. The van der Waals surface area contributed by atoms with Crippen molar-refractivity contribution in [3.05, 3.63) is 11.8 Å². The molecule has 0 aromatic carbocycles. The number of aromatic amines is 1. The molecule has 1 heterocycles. The highest BCUT2D eigenvalue weighted by molar-refractivity contribution is 7.90. The molecule has 3 N–H and O–H groups in total. The first-order valence-electron chi connectivity index (χ1n) is 3.41. The third-order valence-corrected chi connectivity index (χ3v) is 3.24. The molecule has 1 atom stereocenters. The fourth-order valence-corrected chi connectivity index (χ4v) is 1.37. The number of nitrogens with zero attached hydrogens (tertiary/aromatic N) is 1. The van der Waals surface area contributed by atoms with E-state index in [1.165, 1.54) is 12.3 Å². The van der Waals surface area contributed by atoms with Gasteiger partial charge in [0.15, 0.2) is 9.84 Å². The van der Waals surface area contributed by atoms with Gasteiger partial charge in [-0.15, -0.1) is 0 Å². The Kier molecular flexibility index (Phi) is 2.10. The van der Waals surface area contributed by atoms with Gasteiger partial charge < -0.3 is 5.73 Å². The average Bonchev–Trinajstić information content (AvgIpc) is 2.32. The van der Waals surface area contributed by atoms with Gasteiger partial charge in [0.1, 0.15) is 5.82 Å². The van der Waals surface area contributed by atoms with E-state index >= 15 is 0 Å². The topological polar surface area (TPSA) is 88.8 Å². The smallest absolute Gasteiger partial charge is 0.155 e. The Morgan fingerprint density at radius 2 is 2.25 bits per heavy atom. The molecule has 5 nitrogen and oxygen atoms in total. The van der Waals surface area contributed by atoms with Crippen molar-refractivity contribution < 1.29 is 8.42 Å². The fourth-order valence-electron chi connectivity index (χ4n) is 0.792. The van der Waals surface area contributed by atoms with Gasteiger partial charge in [-0.25, -0.2) is 8.42 Å². The second kappa shape index (κ2) is 2.78. The minimum absolute atomic E-state index is 0.306. The number of nitrogens with one attached hydrogen (secondary N) is 1. The number of rotatable bonds is 2. The lowest BCUT2D eigenvalue weighted by atomic mass is 10.3. The molecule has 0 aliphatic carbocycles. The Morgan fingerprint density at radius 1 is 1.67 bits per heavy atom. The number of hydrogen-bond donors (Lipinski definition) is 2. The standard InChI is InChI=1S/C6H11N3O2S/c1-4(12(2,10)11)5-3-6(7)9-8-5/h3-4H,1-2H3,(H3,7,8,9). The Hall–Kier alpha value is -1.04. The van der Waals surface area contributed by atoms with Crippen molar-refractivity contribution in [1.29, 1.82) is 0 Å². The lowest BCUT2D eigenvalue weighted by Gasteiger charge is -2.04. The molecular weight excluding hydrogens is 178 g/mol. The van der Waals surface area contributed by atoms with Crippen molar-refractivity contribution in [2.45, 2.75) is 12.2 Å². The van der Waals surface area contributed by atoms with Crippen LogP contribution in [0.1, 0.15) is 17.9 Å². The molecule has 6 heteroatoms. The Bertz CT molecular complexity index is 368. The van der Waals surface area contributed by atoms with E-state index in [0.717, 1.165) is 0 Å². The Labute approximate surface area is 70.9 Å². The van der Waals surface area contributed by atoms with Gasteiger partial charge in [0.05, 0.1) is 10.9 Å². The van der Waals surface area contributed by atoms with Crippen LogP contribution in [0.15, 0.2) is 6.07 Å². The van der Waals surface area contributed by atoms with Gasteiger partial charge in [0, 0.05) is 12.3 Å². The largest absolute Gasteiger partial charge is 0.382 e. The van der Waals surface area contributed by atoms with E-state index in [1.54, 1.807) is 6.92 Å². The first-order chi connectivity index (χ1) is 5.41. The minimum Gasteiger partial charge on any atom is -0.382 e. The molecule has 68 valence electrons. The molecule has 0 radical (unpaired) electrons. The van der Waals surface area contributed by atoms with Gasteiger partial charge in [-0.1, -0.05) is 0 Å². The van der Waals surface area contributed by atoms with E-state index in [9.17, 15) is 8.42 Å². The van der Waals surface area contributed by atoms with Crippen LogP contribution in [0.4, 0.5) is 5.82 Å². The maximum Gasteiger partial charge on any atom is 0.155 e. The van der Waals surface area contributed by atoms with Crippen LogP contribution < -0.4 is 5.73 Å². The van der Waals surface area contributed by atoms with Crippen LogP contribution in [0.25, 0.3) is 0 Å². The van der Waals surface area contributed by atoms with Gasteiger partial charge in [-0.2, -0.15) is 5.10 Å². The van der Waals surface area contributed by atoms with Gasteiger partial charge in [-0.05, 0) is 6.92 Å². The summed E-state index contributed by atoms with van der Waals surface area (Å²) in [6.45, 7) is 1.59. The molecule has 0 amide bonds. The second-order valence-corrected chi connectivity index (χ2v) is 5.09. The van der Waals surface area contributed by atoms with Crippen LogP contribution >= 0.6 is 0 Å². The van der Waals surface area contributed by atoms with E-state index in [-0.39, 0.29) is 0 Å². The molecule has 1 aromatic heterocycles. The van der Waals surface area contributed by atoms with E-state index in [1.807, 2.05) is 0 Å². The number of H-pyrrole nitrogens is 1. The third kappa shape index (κ3) is 1.76. The predicted octanol–water partition coefficient (Wildman–Crippen LogP) is 0.0975. The maximum atomic E-state index is 11.1. The molecule has 0 saturated heterocycles. The number of anilines is 1. The minimum atomic E-state index is -3.07. The van der Waals surface area contributed by atoms with Crippen molar-refractivity contribution in [1.82, 2.24) is 10.2 Å². The molecule has 0 saturated carbocycles. The SMILES string of the molecule is CC(c1cc(N)n[nH]1)S(C)(=O)=O. The number of nitrogens with two attached hydrogens (primary N) is 1. The maximum absolute atomic E-state index is 11.1. The molecular formula is C6H11N3O2S. The summed E-state index contributed by atoms with van der Waals surface area (Å²) in [4.78, 5) is 0. The van der Waals surface area contributed by atoms with Crippen molar-refractivity contribution in [2.24, 2.45) is 0 Å². The van der Waals surface area contributed by atoms with Crippen LogP contribution in [-0.2, 0) is 9.84 Å². The van der Waals surface area contributed by atoms with Crippen LogP contribution in [0.2, 0.25) is 0 Å². The molecule has 12 heavy (non-hydrogen) atoms. The average molecular weight is 189 g/mol. The Morgan fingerprint density at radius 3 is 2.58 bits per heavy atom. The zero-order chi connectivity index (χ0) is 9.35. The van der Waals surface area contributed by atoms with Crippen LogP contribution in [0, 0.1) is 0 Å². The van der Waals surface area contributed by atoms with Crippen LogP contribution in [0.5, 0.6) is 0 Å². The lowest BCUT2D eigenvalue weighted by molar-refractivity contribution is 0.591. The molecule has 1 aromatic rings. The number of aromatic nitrogens is 2. The number of sulfone groups is 1. The first kappa shape index (κ1) is 9.05. The second-order valence-electron chi connectivity index (χ2n) is 2.72. The highest BCUT2D eigenvalue weighted by Crippen LogP contribution is 2.19. The van der Waals surface area contributed by atoms with Crippen molar-refractivity contribution in [3.8, 4) is 0 Å². The normalized spacial score (nSPS) is 14.5. The third-order valence-electron chi connectivity index (χ3n) is 1.70. The van der Waals surface area contributed by atoms with E-state index < -0.39 is 15.1 Å². The zero-order valence-corrected chi connectivity index (χ0v) is 7.72. The molecule has 1 unspecified atom stereocenters. The summed E-state index contributed by atoms with van der Waals surface area (Å²) in [6.07, 6.45) is 1.18. The van der Waals surface area contributed by atoms with Crippen LogP contribution in [0.3, 0.4) is 0 Å². The van der Waals surface area contributed by atoms with Gasteiger partial charge in [-0.3, -0.25) is 5.10 Å². The summed E-state index contributed by atoms with van der Waals surface area (Å²) in [5.41, 5.74) is 5.85. The Balaban J connectivity index is 3.01. The quantitative estimate of drug-likeness (QED) is 0.690. The number of nitrogen functional groups attached to an aromatic ring is 1. The summed E-state index contributed by atoms with van der Waals surface area (Å²) in [6, 6.07) is 1.52. The molecule has 0 fully saturated rings. The van der Waals surface area contributed by atoms with E-state index in [4.69, 9.17) is 5.73 Å². The zero-order valence-electron chi connectivity index (χ0n) is 6.90. The lowest BCUT2D eigenvalue weighted by Crippen LogP contribution is -2.07. The summed E-state index contributed by atoms with van der Waals surface area (Å²) in [5.74, 6) is 0.306. The van der Waals surface area contributed by atoms with Crippen LogP contribution in [-0.4, -0.2) is 24.9 Å². The summed E-state index contributed by atoms with van der Waals surface area (Å²) >= 11 is 0. The molecule has 0 spiro atoms. The monoisotopic (exact) mass is 189 g/mol. The van der Waals surface area contributed by atoms with Gasteiger partial charge in [0.2, 0.25) is 0 Å². The first-order valence-corrected chi connectivity index (χ1v) is 5.36. The van der Waals surface area contributed by atoms with E-state index in [0.29, 0.717) is 11.5 Å². The summed E-state index contributed by atoms with van der Waals surface area (Å²) in [7, 11) is -3.07. The summed E-state index contributed by atoms with van der Waals surface area (Å²) < 4.78 is 22.1. The van der Waals surface area contributed by atoms with Crippen molar-refractivity contribution >= 4 is 15.7 Å². The predicted molar refractivity (Wildman–Crippen MR) is 46.3 cm³/mol. The molecule has 0 bridgehead atoms. The summed E-state index contributed by atoms with van der Waals surface area (Å²) in [5, 5.41) is 5.62. The highest BCUT2D eigenvalue weighted by Gasteiger charge is 2.18. The van der Waals surface area contributed by atoms with Gasteiger partial charge >= 0.3 is 0 Å². The molecule has 1 rings (SSSR count).